The first kappa shape index (κ1) is 25.8. The molecule has 0 aliphatic heterocycles. The third-order valence-electron chi connectivity index (χ3n) is 4.23. The number of alkyl halides is 3. The molecule has 12 heteroatoms. The molecule has 2 rings (SSSR count). The second-order valence-electron chi connectivity index (χ2n) is 6.56. The van der Waals surface area contributed by atoms with E-state index in [0.717, 1.165) is 7.11 Å². The first-order valence-corrected chi connectivity index (χ1v) is 9.73. The minimum absolute atomic E-state index is 0.0814. The molecule has 0 aliphatic carbocycles. The maximum absolute atomic E-state index is 12.5. The summed E-state index contributed by atoms with van der Waals surface area (Å²) < 4.78 is 52.6. The van der Waals surface area contributed by atoms with Crippen molar-refractivity contribution >= 4 is 29.4 Å². The van der Waals surface area contributed by atoms with Gasteiger partial charge < -0.3 is 24.8 Å². The molecule has 33 heavy (non-hydrogen) atoms. The summed E-state index contributed by atoms with van der Waals surface area (Å²) in [5, 5.41) is 4.20. The molecule has 0 bridgehead atoms. The fourth-order valence-corrected chi connectivity index (χ4v) is 2.71. The number of benzene rings is 2. The van der Waals surface area contributed by atoms with E-state index in [-0.39, 0.29) is 6.54 Å². The Hall–Kier alpha value is -3.47. The van der Waals surface area contributed by atoms with E-state index < -0.39 is 36.4 Å². The van der Waals surface area contributed by atoms with Crippen LogP contribution in [0.15, 0.2) is 42.5 Å². The number of ether oxygens (including phenoxy) is 3. The van der Waals surface area contributed by atoms with E-state index in [1.807, 2.05) is 0 Å². The molecule has 2 amide bonds. The van der Waals surface area contributed by atoms with Crippen molar-refractivity contribution in [1.82, 2.24) is 10.6 Å². The summed E-state index contributed by atoms with van der Waals surface area (Å²) in [6, 6.07) is 9.54. The molecule has 0 radical (unpaired) electrons. The van der Waals surface area contributed by atoms with E-state index in [1.54, 1.807) is 42.5 Å². The van der Waals surface area contributed by atoms with Crippen molar-refractivity contribution in [3.8, 4) is 17.2 Å². The van der Waals surface area contributed by atoms with Crippen LogP contribution in [0.4, 0.5) is 13.2 Å². The lowest BCUT2D eigenvalue weighted by Gasteiger charge is -2.18. The SMILES string of the molecule is COC(=O)CC(NC(=O)C(F)(F)F)C(=O)NCc1ccc(Oc2ccc(OC)cc2Cl)cc1. The van der Waals surface area contributed by atoms with Gasteiger partial charge in [0.05, 0.1) is 25.7 Å². The molecule has 0 spiro atoms. The van der Waals surface area contributed by atoms with Crippen LogP contribution in [0.5, 0.6) is 17.2 Å². The second-order valence-corrected chi connectivity index (χ2v) is 6.97. The number of hydrogen-bond donors (Lipinski definition) is 2. The average molecular weight is 489 g/mol. The second kappa shape index (κ2) is 11.4. The fraction of sp³-hybridized carbons (Fsp3) is 0.286. The Balaban J connectivity index is 1.99. The van der Waals surface area contributed by atoms with E-state index in [1.165, 1.54) is 12.4 Å². The summed E-state index contributed by atoms with van der Waals surface area (Å²) in [6.07, 6.45) is -5.98. The molecule has 2 aromatic carbocycles. The van der Waals surface area contributed by atoms with E-state index in [0.29, 0.717) is 27.8 Å². The van der Waals surface area contributed by atoms with Crippen molar-refractivity contribution < 1.29 is 41.8 Å². The number of nitrogens with one attached hydrogen (secondary N) is 2. The molecule has 2 aromatic rings. The molecule has 1 atom stereocenters. The summed E-state index contributed by atoms with van der Waals surface area (Å²) in [4.78, 5) is 34.9. The zero-order valence-corrected chi connectivity index (χ0v) is 18.3. The smallest absolute Gasteiger partial charge is 0.471 e. The number of methoxy groups -OCH3 is 2. The van der Waals surface area contributed by atoms with Crippen molar-refractivity contribution in [3.05, 3.63) is 53.1 Å². The van der Waals surface area contributed by atoms with Gasteiger partial charge in [0.2, 0.25) is 5.91 Å². The molecule has 0 aromatic heterocycles. The minimum Gasteiger partial charge on any atom is -0.497 e. The van der Waals surface area contributed by atoms with Crippen molar-refractivity contribution in [2.75, 3.05) is 14.2 Å². The standard InChI is InChI=1S/C21H20ClF3N2O6/c1-31-14-7-8-17(15(22)9-14)33-13-5-3-12(4-6-13)11-26-19(29)16(10-18(28)32-2)27-20(30)21(23,24)25/h3-9,16H,10-11H2,1-2H3,(H,26,29)(H,27,30). The molecule has 0 aliphatic rings. The van der Waals surface area contributed by atoms with Gasteiger partial charge in [-0.25, -0.2) is 0 Å². The Labute approximate surface area is 191 Å². The maximum atomic E-state index is 12.5. The lowest BCUT2D eigenvalue weighted by molar-refractivity contribution is -0.175. The van der Waals surface area contributed by atoms with E-state index >= 15 is 0 Å². The third-order valence-corrected chi connectivity index (χ3v) is 4.53. The number of hydrogen-bond acceptors (Lipinski definition) is 6. The number of halogens is 4. The molecular formula is C21H20ClF3N2O6. The predicted octanol–water partition coefficient (Wildman–Crippen LogP) is 3.37. The monoisotopic (exact) mass is 488 g/mol. The van der Waals surface area contributed by atoms with Gasteiger partial charge in [0.25, 0.3) is 0 Å². The average Bonchev–Trinajstić information content (AvgIpc) is 2.78. The lowest BCUT2D eigenvalue weighted by Crippen LogP contribution is -2.51. The molecular weight excluding hydrogens is 469 g/mol. The van der Waals surface area contributed by atoms with Gasteiger partial charge in [-0.3, -0.25) is 14.4 Å². The number of carbonyl (C=O) groups excluding carboxylic acids is 3. The van der Waals surface area contributed by atoms with Gasteiger partial charge in [0.15, 0.2) is 0 Å². The third kappa shape index (κ3) is 7.86. The van der Waals surface area contributed by atoms with Crippen LogP contribution in [0.2, 0.25) is 5.02 Å². The van der Waals surface area contributed by atoms with Gasteiger partial charge in [-0.05, 0) is 29.8 Å². The highest BCUT2D eigenvalue weighted by Gasteiger charge is 2.41. The lowest BCUT2D eigenvalue weighted by atomic mass is 10.1. The number of rotatable bonds is 9. The Bertz CT molecular complexity index is 998. The number of amides is 2. The molecule has 0 fully saturated rings. The summed E-state index contributed by atoms with van der Waals surface area (Å²) in [5.74, 6) is -2.89. The normalized spacial score (nSPS) is 11.8. The van der Waals surface area contributed by atoms with Gasteiger partial charge in [0.1, 0.15) is 23.3 Å². The first-order valence-electron chi connectivity index (χ1n) is 9.36. The number of esters is 1. The molecule has 2 N–H and O–H groups in total. The minimum atomic E-state index is -5.21. The van der Waals surface area contributed by atoms with Crippen LogP contribution >= 0.6 is 11.6 Å². The molecule has 0 heterocycles. The summed E-state index contributed by atoms with van der Waals surface area (Å²) in [5.41, 5.74) is 0.579. The maximum Gasteiger partial charge on any atom is 0.471 e. The topological polar surface area (TPSA) is 103 Å². The van der Waals surface area contributed by atoms with Crippen LogP contribution in [-0.2, 0) is 25.7 Å². The van der Waals surface area contributed by atoms with Gasteiger partial charge >= 0.3 is 18.1 Å². The van der Waals surface area contributed by atoms with Gasteiger partial charge in [0, 0.05) is 12.6 Å². The Morgan fingerprint density at radius 3 is 2.21 bits per heavy atom. The molecule has 178 valence electrons. The largest absolute Gasteiger partial charge is 0.497 e. The van der Waals surface area contributed by atoms with E-state index in [2.05, 4.69) is 10.1 Å². The summed E-state index contributed by atoms with van der Waals surface area (Å²) in [6.45, 7) is -0.0814. The van der Waals surface area contributed by atoms with Crippen LogP contribution in [0.25, 0.3) is 0 Å². The van der Waals surface area contributed by atoms with Crippen LogP contribution in [0.1, 0.15) is 12.0 Å². The predicted molar refractivity (Wildman–Crippen MR) is 111 cm³/mol. The van der Waals surface area contributed by atoms with Gasteiger partial charge in [-0.15, -0.1) is 0 Å². The quantitative estimate of drug-likeness (QED) is 0.525. The van der Waals surface area contributed by atoms with Crippen LogP contribution < -0.4 is 20.1 Å². The molecule has 1 unspecified atom stereocenters. The van der Waals surface area contributed by atoms with E-state index in [4.69, 9.17) is 21.1 Å². The highest BCUT2D eigenvalue weighted by molar-refractivity contribution is 6.32. The zero-order chi connectivity index (χ0) is 24.6. The summed E-state index contributed by atoms with van der Waals surface area (Å²) >= 11 is 6.13. The Morgan fingerprint density at radius 1 is 1.03 bits per heavy atom. The van der Waals surface area contributed by atoms with Crippen molar-refractivity contribution in [2.45, 2.75) is 25.2 Å². The molecule has 0 saturated carbocycles. The van der Waals surface area contributed by atoms with Gasteiger partial charge in [-0.2, -0.15) is 13.2 Å². The van der Waals surface area contributed by atoms with Crippen LogP contribution in [0, 0.1) is 0 Å². The van der Waals surface area contributed by atoms with Crippen LogP contribution in [-0.4, -0.2) is 44.2 Å². The van der Waals surface area contributed by atoms with Gasteiger partial charge in [-0.1, -0.05) is 23.7 Å². The fourth-order valence-electron chi connectivity index (χ4n) is 2.51. The Morgan fingerprint density at radius 2 is 1.67 bits per heavy atom. The molecule has 0 saturated heterocycles. The highest BCUT2D eigenvalue weighted by Crippen LogP contribution is 2.32. The van der Waals surface area contributed by atoms with Crippen molar-refractivity contribution in [2.24, 2.45) is 0 Å². The Kier molecular flexibility index (Phi) is 8.92. The molecule has 8 nitrogen and oxygen atoms in total. The highest BCUT2D eigenvalue weighted by atomic mass is 35.5. The van der Waals surface area contributed by atoms with Crippen molar-refractivity contribution in [3.63, 3.8) is 0 Å². The summed E-state index contributed by atoms with van der Waals surface area (Å²) in [7, 11) is 2.51. The van der Waals surface area contributed by atoms with Crippen molar-refractivity contribution in [1.29, 1.82) is 0 Å². The van der Waals surface area contributed by atoms with E-state index in [9.17, 15) is 27.6 Å². The first-order chi connectivity index (χ1) is 15.5. The zero-order valence-electron chi connectivity index (χ0n) is 17.5. The number of carbonyl (C=O) groups is 3. The van der Waals surface area contributed by atoms with Crippen LogP contribution in [0.3, 0.4) is 0 Å².